The Labute approximate surface area is 180 Å². The zero-order chi connectivity index (χ0) is 21.5. The first-order valence-corrected chi connectivity index (χ1v) is 11.0. The minimum atomic E-state index is -0.483. The number of aromatic nitrogens is 3. The molecule has 2 aromatic rings. The van der Waals surface area contributed by atoms with Crippen LogP contribution in [-0.4, -0.2) is 65.3 Å². The molecule has 3 rings (SSSR count). The summed E-state index contributed by atoms with van der Waals surface area (Å²) in [7, 11) is 0. The maximum Gasteiger partial charge on any atom is 0.321 e. The Kier molecular flexibility index (Phi) is 7.69. The van der Waals surface area contributed by atoms with E-state index >= 15 is 0 Å². The van der Waals surface area contributed by atoms with Crippen molar-refractivity contribution in [3.8, 4) is 5.69 Å². The number of hydrogen-bond donors (Lipinski definition) is 2. The molecule has 0 unspecified atom stereocenters. The second-order valence-electron chi connectivity index (χ2n) is 7.50. The number of carbonyl (C=O) groups is 2. The van der Waals surface area contributed by atoms with E-state index in [1.807, 2.05) is 43.5 Å². The number of aryl methyl sites for hydroxylation is 1. The third kappa shape index (κ3) is 5.96. The highest BCUT2D eigenvalue weighted by molar-refractivity contribution is 7.99. The quantitative estimate of drug-likeness (QED) is 0.645. The molecule has 0 spiro atoms. The summed E-state index contributed by atoms with van der Waals surface area (Å²) in [5, 5.41) is 14.3. The van der Waals surface area contributed by atoms with Crippen LogP contribution in [0.25, 0.3) is 5.69 Å². The van der Waals surface area contributed by atoms with Crippen molar-refractivity contribution in [2.45, 2.75) is 25.9 Å². The Hall–Kier alpha value is -2.59. The summed E-state index contributed by atoms with van der Waals surface area (Å²) < 4.78 is 7.40. The summed E-state index contributed by atoms with van der Waals surface area (Å²) in [5.74, 6) is 0.712. The molecule has 10 heteroatoms. The van der Waals surface area contributed by atoms with Crippen molar-refractivity contribution in [3.05, 3.63) is 29.8 Å². The number of benzene rings is 1. The number of urea groups is 1. The molecule has 0 bridgehead atoms. The van der Waals surface area contributed by atoms with Crippen LogP contribution in [0.3, 0.4) is 0 Å². The van der Waals surface area contributed by atoms with Crippen molar-refractivity contribution in [2.24, 2.45) is 5.92 Å². The van der Waals surface area contributed by atoms with Crippen LogP contribution in [0.4, 0.5) is 10.7 Å². The summed E-state index contributed by atoms with van der Waals surface area (Å²) in [5.41, 5.74) is 2.05. The van der Waals surface area contributed by atoms with Crippen LogP contribution >= 0.6 is 11.8 Å². The number of amides is 3. The van der Waals surface area contributed by atoms with Gasteiger partial charge < -0.3 is 15.0 Å². The Bertz CT molecular complexity index is 879. The van der Waals surface area contributed by atoms with Crippen LogP contribution in [0.15, 0.2) is 29.4 Å². The summed E-state index contributed by atoms with van der Waals surface area (Å²) in [4.78, 5) is 26.1. The lowest BCUT2D eigenvalue weighted by Gasteiger charge is -2.28. The molecule has 30 heavy (non-hydrogen) atoms. The SMILES string of the molecule is Cc1cccc(-n2c(SCC(=O)NC(=O)NCC(C)C)nnc2N2CCOCC2)c1. The number of rotatable bonds is 7. The molecule has 9 nitrogen and oxygen atoms in total. The number of carbonyl (C=O) groups excluding carboxylic acids is 2. The monoisotopic (exact) mass is 432 g/mol. The number of nitrogens with one attached hydrogen (secondary N) is 2. The van der Waals surface area contributed by atoms with E-state index < -0.39 is 6.03 Å². The van der Waals surface area contributed by atoms with Gasteiger partial charge in [-0.05, 0) is 30.5 Å². The molecule has 0 atom stereocenters. The molecule has 1 saturated heterocycles. The summed E-state index contributed by atoms with van der Waals surface area (Å²) >= 11 is 1.25. The van der Waals surface area contributed by atoms with E-state index in [4.69, 9.17) is 4.74 Å². The zero-order valence-corrected chi connectivity index (χ0v) is 18.4. The lowest BCUT2D eigenvalue weighted by Crippen LogP contribution is -2.41. The predicted molar refractivity (Wildman–Crippen MR) is 116 cm³/mol. The smallest absolute Gasteiger partial charge is 0.321 e. The third-order valence-electron chi connectivity index (χ3n) is 4.43. The highest BCUT2D eigenvalue weighted by atomic mass is 32.2. The van der Waals surface area contributed by atoms with Gasteiger partial charge in [-0.15, -0.1) is 10.2 Å². The van der Waals surface area contributed by atoms with E-state index in [0.29, 0.717) is 30.8 Å². The van der Waals surface area contributed by atoms with E-state index in [1.54, 1.807) is 0 Å². The number of thioether (sulfide) groups is 1. The Balaban J connectivity index is 1.73. The zero-order valence-electron chi connectivity index (χ0n) is 17.6. The fourth-order valence-electron chi connectivity index (χ4n) is 2.95. The summed E-state index contributed by atoms with van der Waals surface area (Å²) in [6.45, 7) is 9.24. The molecule has 2 N–H and O–H groups in total. The molecule has 1 aliphatic heterocycles. The number of nitrogens with zero attached hydrogens (tertiary/aromatic N) is 4. The molecule has 0 radical (unpaired) electrons. The Morgan fingerprint density at radius 1 is 1.23 bits per heavy atom. The molecular weight excluding hydrogens is 404 g/mol. The van der Waals surface area contributed by atoms with Gasteiger partial charge >= 0.3 is 6.03 Å². The lowest BCUT2D eigenvalue weighted by molar-refractivity contribution is -0.117. The molecule has 2 heterocycles. The normalized spacial score (nSPS) is 14.1. The molecular formula is C20H28N6O3S. The standard InChI is InChI=1S/C20H28N6O3S/c1-14(2)12-21-18(28)22-17(27)13-30-20-24-23-19(25-7-9-29-10-8-25)26(20)16-6-4-5-15(3)11-16/h4-6,11,14H,7-10,12-13H2,1-3H3,(H2,21,22,27,28). The van der Waals surface area contributed by atoms with Gasteiger partial charge in [-0.2, -0.15) is 0 Å². The first-order valence-electron chi connectivity index (χ1n) is 9.99. The number of morpholine rings is 1. The third-order valence-corrected chi connectivity index (χ3v) is 5.36. The highest BCUT2D eigenvalue weighted by Crippen LogP contribution is 2.27. The Morgan fingerprint density at radius 3 is 2.70 bits per heavy atom. The number of hydrogen-bond acceptors (Lipinski definition) is 7. The lowest BCUT2D eigenvalue weighted by atomic mass is 10.2. The molecule has 0 saturated carbocycles. The van der Waals surface area contributed by atoms with Gasteiger partial charge in [-0.1, -0.05) is 37.7 Å². The largest absolute Gasteiger partial charge is 0.378 e. The topological polar surface area (TPSA) is 101 Å². The molecule has 1 aromatic heterocycles. The number of imide groups is 1. The maximum absolute atomic E-state index is 12.2. The number of anilines is 1. The first-order chi connectivity index (χ1) is 14.4. The van der Waals surface area contributed by atoms with Gasteiger partial charge in [0.1, 0.15) is 0 Å². The van der Waals surface area contributed by atoms with Crippen LogP contribution < -0.4 is 15.5 Å². The van der Waals surface area contributed by atoms with Gasteiger partial charge in [0.05, 0.1) is 24.7 Å². The van der Waals surface area contributed by atoms with Gasteiger partial charge in [-0.25, -0.2) is 4.79 Å². The molecule has 3 amide bonds. The minimum Gasteiger partial charge on any atom is -0.378 e. The molecule has 1 aromatic carbocycles. The fraction of sp³-hybridized carbons (Fsp3) is 0.500. The van der Waals surface area contributed by atoms with Gasteiger partial charge in [0.2, 0.25) is 11.9 Å². The highest BCUT2D eigenvalue weighted by Gasteiger charge is 2.22. The molecule has 0 aliphatic carbocycles. The van der Waals surface area contributed by atoms with Gasteiger partial charge in [0.15, 0.2) is 5.16 Å². The average Bonchev–Trinajstić information content (AvgIpc) is 3.15. The number of ether oxygens (including phenoxy) is 1. The minimum absolute atomic E-state index is 0.0577. The van der Waals surface area contributed by atoms with Crippen molar-refractivity contribution in [2.75, 3.05) is 43.5 Å². The maximum atomic E-state index is 12.2. The first kappa shape index (κ1) is 22.1. The van der Waals surface area contributed by atoms with Gasteiger partial charge in [0.25, 0.3) is 0 Å². The fourth-order valence-corrected chi connectivity index (χ4v) is 3.70. The second kappa shape index (κ2) is 10.4. The molecule has 1 aliphatic rings. The van der Waals surface area contributed by atoms with Crippen LogP contribution in [0.2, 0.25) is 0 Å². The van der Waals surface area contributed by atoms with Crippen molar-refractivity contribution in [1.29, 1.82) is 0 Å². The van der Waals surface area contributed by atoms with Crippen molar-refractivity contribution >= 4 is 29.6 Å². The van der Waals surface area contributed by atoms with Crippen LogP contribution in [0.5, 0.6) is 0 Å². The summed E-state index contributed by atoms with van der Waals surface area (Å²) in [6.07, 6.45) is 0. The van der Waals surface area contributed by atoms with E-state index in [1.165, 1.54) is 11.8 Å². The van der Waals surface area contributed by atoms with Gasteiger partial charge in [-0.3, -0.25) is 14.7 Å². The van der Waals surface area contributed by atoms with Crippen molar-refractivity contribution in [1.82, 2.24) is 25.4 Å². The van der Waals surface area contributed by atoms with E-state index in [-0.39, 0.29) is 11.7 Å². The molecule has 162 valence electrons. The van der Waals surface area contributed by atoms with E-state index in [9.17, 15) is 9.59 Å². The predicted octanol–water partition coefficient (Wildman–Crippen LogP) is 1.99. The van der Waals surface area contributed by atoms with Crippen LogP contribution in [0, 0.1) is 12.8 Å². The van der Waals surface area contributed by atoms with Crippen molar-refractivity contribution in [3.63, 3.8) is 0 Å². The molecule has 1 fully saturated rings. The second-order valence-corrected chi connectivity index (χ2v) is 8.44. The Morgan fingerprint density at radius 2 is 2.00 bits per heavy atom. The van der Waals surface area contributed by atoms with Crippen molar-refractivity contribution < 1.29 is 14.3 Å². The van der Waals surface area contributed by atoms with Gasteiger partial charge in [0, 0.05) is 19.6 Å². The van der Waals surface area contributed by atoms with Crippen LogP contribution in [0.1, 0.15) is 19.4 Å². The van der Waals surface area contributed by atoms with E-state index in [2.05, 4.69) is 31.8 Å². The average molecular weight is 433 g/mol. The van der Waals surface area contributed by atoms with Crippen LogP contribution in [-0.2, 0) is 9.53 Å². The summed E-state index contributed by atoms with van der Waals surface area (Å²) in [6, 6.07) is 7.57. The van der Waals surface area contributed by atoms with E-state index in [0.717, 1.165) is 30.3 Å².